The molecule has 2 aromatic rings. The Morgan fingerprint density at radius 3 is 3.05 bits per heavy atom. The molecule has 0 atom stereocenters. The van der Waals surface area contributed by atoms with Crippen molar-refractivity contribution in [2.45, 2.75) is 13.0 Å². The van der Waals surface area contributed by atoms with Gasteiger partial charge in [0.2, 0.25) is 0 Å². The van der Waals surface area contributed by atoms with E-state index in [0.29, 0.717) is 12.2 Å². The van der Waals surface area contributed by atoms with E-state index in [-0.39, 0.29) is 6.54 Å². The highest BCUT2D eigenvalue weighted by atomic mass is 19.3. The van der Waals surface area contributed by atoms with Crippen molar-refractivity contribution in [2.24, 2.45) is 0 Å². The van der Waals surface area contributed by atoms with Crippen LogP contribution in [0.4, 0.5) is 8.78 Å². The highest BCUT2D eigenvalue weighted by molar-refractivity contribution is 5.84. The van der Waals surface area contributed by atoms with Crippen LogP contribution in [0.15, 0.2) is 24.4 Å². The molecule has 0 unspecified atom stereocenters. The first-order chi connectivity index (χ1) is 11.2. The number of benzene rings is 1. The van der Waals surface area contributed by atoms with Gasteiger partial charge < -0.3 is 19.8 Å². The van der Waals surface area contributed by atoms with Crippen LogP contribution in [0.1, 0.15) is 11.0 Å². The molecule has 0 bridgehead atoms. The summed E-state index contributed by atoms with van der Waals surface area (Å²) in [6.45, 7) is -9.31. The maximum absolute atomic E-state index is 12.2. The molecule has 6 heteroatoms. The summed E-state index contributed by atoms with van der Waals surface area (Å²) in [7, 11) is 1.55. The van der Waals surface area contributed by atoms with E-state index < -0.39 is 19.7 Å². The lowest BCUT2D eigenvalue weighted by molar-refractivity contribution is -0.127. The lowest BCUT2D eigenvalue weighted by atomic mass is 10.1. The van der Waals surface area contributed by atoms with Crippen LogP contribution < -0.4 is 10.1 Å². The number of nitrogens with one attached hydrogen (secondary N) is 2. The Morgan fingerprint density at radius 1 is 1.45 bits per heavy atom. The first-order valence-electron chi connectivity index (χ1n) is 8.01. The number of methoxy groups -OCH3 is 1. The van der Waals surface area contributed by atoms with Crippen LogP contribution in [-0.2, 0) is 11.2 Å². The lowest BCUT2D eigenvalue weighted by Crippen LogP contribution is -2.23. The van der Waals surface area contributed by atoms with Crippen molar-refractivity contribution in [3.05, 3.63) is 30.0 Å². The molecule has 2 rings (SSSR count). The number of alkyl halides is 2. The van der Waals surface area contributed by atoms with E-state index in [4.69, 9.17) is 10.2 Å². The number of halogens is 2. The average Bonchev–Trinajstić information content (AvgIpc) is 2.88. The Kier molecular flexibility index (Phi) is 3.65. The summed E-state index contributed by atoms with van der Waals surface area (Å²) in [4.78, 5) is 3.07. The summed E-state index contributed by atoms with van der Waals surface area (Å²) in [5, 5.41) is 3.18. The first kappa shape index (κ1) is 10.1. The first-order valence-corrected chi connectivity index (χ1v) is 6.01. The molecule has 0 saturated heterocycles. The van der Waals surface area contributed by atoms with Crippen LogP contribution >= 0.6 is 0 Å². The molecule has 1 aromatic carbocycles. The van der Waals surface area contributed by atoms with Gasteiger partial charge in [-0.1, -0.05) is 0 Å². The second-order valence-electron chi connectivity index (χ2n) is 4.01. The van der Waals surface area contributed by atoms with Crippen molar-refractivity contribution < 1.29 is 23.7 Å². The van der Waals surface area contributed by atoms with Gasteiger partial charge in [-0.2, -0.15) is 8.78 Å². The van der Waals surface area contributed by atoms with Crippen molar-refractivity contribution in [2.75, 3.05) is 26.7 Å². The number of hydrogen-bond donors (Lipinski definition) is 2. The van der Waals surface area contributed by atoms with Crippen LogP contribution in [0.3, 0.4) is 0 Å². The van der Waals surface area contributed by atoms with Gasteiger partial charge in [0.15, 0.2) is 0 Å². The normalized spacial score (nSPS) is 15.8. The number of fused-ring (bicyclic) bond motifs is 1. The van der Waals surface area contributed by atoms with Crippen molar-refractivity contribution in [1.82, 2.24) is 10.3 Å². The maximum Gasteiger partial charge on any atom is 0.345 e. The molecule has 0 amide bonds. The average molecular weight is 288 g/mol. The summed E-state index contributed by atoms with van der Waals surface area (Å²) in [5.41, 5.74) is 1.74. The standard InChI is InChI=1S/C14H18F2N2O2/c1-19-11-2-3-13-12(8-11)10(9-18-13)4-5-17-6-7-20-14(15)16/h2-3,8-9,14,17-18H,4-7H2,1H3/i6D2,7D2. The minimum Gasteiger partial charge on any atom is -0.497 e. The summed E-state index contributed by atoms with van der Waals surface area (Å²) in [6.07, 6.45) is 2.11. The Bertz CT molecular complexity index is 694. The van der Waals surface area contributed by atoms with E-state index in [1.807, 2.05) is 12.1 Å². The van der Waals surface area contributed by atoms with E-state index >= 15 is 0 Å². The van der Waals surface area contributed by atoms with Gasteiger partial charge >= 0.3 is 6.61 Å². The number of ether oxygens (including phenoxy) is 2. The van der Waals surface area contributed by atoms with Crippen molar-refractivity contribution in [1.29, 1.82) is 0 Å². The van der Waals surface area contributed by atoms with Crippen molar-refractivity contribution in [3.63, 3.8) is 0 Å². The van der Waals surface area contributed by atoms with Crippen LogP contribution in [0.5, 0.6) is 5.75 Å². The Hall–Kier alpha value is -1.66. The minimum atomic E-state index is -3.40. The summed E-state index contributed by atoms with van der Waals surface area (Å²) < 4.78 is 63.0. The third-order valence-corrected chi connectivity index (χ3v) is 2.78. The van der Waals surface area contributed by atoms with Crippen LogP contribution in [-0.4, -0.2) is 38.3 Å². The summed E-state index contributed by atoms with van der Waals surface area (Å²) >= 11 is 0. The molecule has 0 aliphatic heterocycles. The van der Waals surface area contributed by atoms with Crippen molar-refractivity contribution in [3.8, 4) is 5.75 Å². The minimum absolute atomic E-state index is 0.0310. The summed E-state index contributed by atoms with van der Waals surface area (Å²) in [5.74, 6) is 0.674. The fraction of sp³-hybridized carbons (Fsp3) is 0.429. The van der Waals surface area contributed by atoms with Gasteiger partial charge in [0, 0.05) is 26.3 Å². The van der Waals surface area contributed by atoms with Crippen LogP contribution in [0.25, 0.3) is 10.9 Å². The number of hydrogen-bond acceptors (Lipinski definition) is 3. The molecule has 0 fully saturated rings. The largest absolute Gasteiger partial charge is 0.497 e. The second kappa shape index (κ2) is 7.21. The molecule has 0 aliphatic rings. The van der Waals surface area contributed by atoms with Gasteiger partial charge in [0.1, 0.15) is 5.75 Å². The molecule has 0 radical (unpaired) electrons. The van der Waals surface area contributed by atoms with Crippen molar-refractivity contribution >= 4 is 10.9 Å². The van der Waals surface area contributed by atoms with E-state index in [0.717, 1.165) is 16.5 Å². The monoisotopic (exact) mass is 288 g/mol. The fourth-order valence-corrected chi connectivity index (χ4v) is 1.86. The molecule has 0 saturated carbocycles. The number of rotatable bonds is 8. The van der Waals surface area contributed by atoms with Crippen LogP contribution in [0.2, 0.25) is 0 Å². The van der Waals surface area contributed by atoms with Gasteiger partial charge in [0.25, 0.3) is 0 Å². The molecule has 1 heterocycles. The fourth-order valence-electron chi connectivity index (χ4n) is 1.86. The Balaban J connectivity index is 2.03. The SMILES string of the molecule is [2H]C([2H])(NCCc1c[nH]c2ccc(OC)cc12)C([2H])([2H])OC(F)F. The van der Waals surface area contributed by atoms with Gasteiger partial charge in [-0.15, -0.1) is 0 Å². The second-order valence-corrected chi connectivity index (χ2v) is 4.01. The zero-order valence-corrected chi connectivity index (χ0v) is 10.9. The van der Waals surface area contributed by atoms with Gasteiger partial charge in [0.05, 0.1) is 16.4 Å². The highest BCUT2D eigenvalue weighted by Gasteiger charge is 2.05. The molecule has 1 aromatic heterocycles. The number of aromatic nitrogens is 1. The van der Waals surface area contributed by atoms with Gasteiger partial charge in [-0.05, 0) is 36.7 Å². The smallest absolute Gasteiger partial charge is 0.345 e. The molecule has 0 aliphatic carbocycles. The molecule has 110 valence electrons. The molecule has 0 spiro atoms. The topological polar surface area (TPSA) is 46.3 Å². The number of H-pyrrole nitrogens is 1. The molecular formula is C14H18F2N2O2. The van der Waals surface area contributed by atoms with Gasteiger partial charge in [-0.25, -0.2) is 0 Å². The van der Waals surface area contributed by atoms with Gasteiger partial charge in [-0.3, -0.25) is 0 Å². The molecule has 2 N–H and O–H groups in total. The van der Waals surface area contributed by atoms with Crippen LogP contribution in [0, 0.1) is 0 Å². The van der Waals surface area contributed by atoms with E-state index in [1.165, 1.54) is 0 Å². The quantitative estimate of drug-likeness (QED) is 0.784. The Morgan fingerprint density at radius 2 is 2.30 bits per heavy atom. The highest BCUT2D eigenvalue weighted by Crippen LogP contribution is 2.23. The summed E-state index contributed by atoms with van der Waals surface area (Å²) in [6, 6.07) is 5.48. The Labute approximate surface area is 121 Å². The third kappa shape index (κ3) is 3.91. The van der Waals surface area contributed by atoms with E-state index in [2.05, 4.69) is 15.0 Å². The third-order valence-electron chi connectivity index (χ3n) is 2.78. The maximum atomic E-state index is 12.2. The van der Waals surface area contributed by atoms with E-state index in [9.17, 15) is 8.78 Å². The lowest BCUT2D eigenvalue weighted by Gasteiger charge is -2.05. The molecule has 20 heavy (non-hydrogen) atoms. The van der Waals surface area contributed by atoms with E-state index in [1.54, 1.807) is 19.4 Å². The predicted molar refractivity (Wildman–Crippen MR) is 73.4 cm³/mol. The zero-order valence-electron chi connectivity index (χ0n) is 14.9. The molecular weight excluding hydrogens is 266 g/mol. The number of aromatic amines is 1. The predicted octanol–water partition coefficient (Wildman–Crippen LogP) is 2.55. The molecule has 4 nitrogen and oxygen atoms in total. The zero-order chi connectivity index (χ0) is 18.0.